The molecule has 2 aromatic rings. The van der Waals surface area contributed by atoms with Gasteiger partial charge in [0.1, 0.15) is 18.0 Å². The molecule has 1 amide bonds. The van der Waals surface area contributed by atoms with Crippen molar-refractivity contribution < 1.29 is 19.4 Å². The zero-order valence-corrected chi connectivity index (χ0v) is 18.1. The second-order valence-corrected chi connectivity index (χ2v) is 8.49. The maximum absolute atomic E-state index is 12.9. The highest BCUT2D eigenvalue weighted by molar-refractivity contribution is 5.94. The van der Waals surface area contributed by atoms with Crippen molar-refractivity contribution in [3.05, 3.63) is 59.9 Å². The molecule has 2 N–H and O–H groups in total. The molecule has 0 bridgehead atoms. The molecular weight excluding hydrogens is 394 g/mol. The van der Waals surface area contributed by atoms with Crippen LogP contribution >= 0.6 is 0 Å². The lowest BCUT2D eigenvalue weighted by atomic mass is 10.0. The molecule has 7 heteroatoms. The van der Waals surface area contributed by atoms with Crippen LogP contribution in [0.1, 0.15) is 35.2 Å². The molecule has 31 heavy (non-hydrogen) atoms. The van der Waals surface area contributed by atoms with Crippen molar-refractivity contribution in [3.63, 3.8) is 0 Å². The highest BCUT2D eigenvalue weighted by Crippen LogP contribution is 2.31. The topological polar surface area (TPSA) is 83.9 Å². The van der Waals surface area contributed by atoms with Crippen molar-refractivity contribution in [1.82, 2.24) is 15.2 Å². The lowest BCUT2D eigenvalue weighted by molar-refractivity contribution is -0.0228. The van der Waals surface area contributed by atoms with Gasteiger partial charge in [-0.05, 0) is 43.5 Å². The van der Waals surface area contributed by atoms with E-state index in [9.17, 15) is 9.90 Å². The molecule has 7 nitrogen and oxygen atoms in total. The van der Waals surface area contributed by atoms with Crippen LogP contribution in [0.25, 0.3) is 0 Å². The van der Waals surface area contributed by atoms with Crippen molar-refractivity contribution >= 4 is 5.91 Å². The Morgan fingerprint density at radius 1 is 1.19 bits per heavy atom. The Morgan fingerprint density at radius 3 is 2.61 bits per heavy atom. The fourth-order valence-corrected chi connectivity index (χ4v) is 4.73. The molecule has 2 fully saturated rings. The Labute approximate surface area is 183 Å². The quantitative estimate of drug-likeness (QED) is 0.738. The van der Waals surface area contributed by atoms with E-state index in [1.165, 1.54) is 0 Å². The predicted octanol–water partition coefficient (Wildman–Crippen LogP) is 2.18. The first-order valence-electron chi connectivity index (χ1n) is 10.9. The molecule has 1 aromatic heterocycles. The number of benzene rings is 1. The van der Waals surface area contributed by atoms with E-state index in [2.05, 4.69) is 15.2 Å². The van der Waals surface area contributed by atoms with Crippen molar-refractivity contribution in [1.29, 1.82) is 0 Å². The van der Waals surface area contributed by atoms with Gasteiger partial charge in [0.2, 0.25) is 0 Å². The number of aromatic nitrogens is 1. The maximum atomic E-state index is 12.9. The molecule has 1 saturated heterocycles. The van der Waals surface area contributed by atoms with Crippen LogP contribution in [0.15, 0.2) is 48.8 Å². The Kier molecular flexibility index (Phi) is 6.85. The molecule has 4 atom stereocenters. The third-order valence-electron chi connectivity index (χ3n) is 6.35. The number of piperidine rings is 1. The number of hydrogen-bond acceptors (Lipinski definition) is 6. The van der Waals surface area contributed by atoms with E-state index >= 15 is 0 Å². The second-order valence-electron chi connectivity index (χ2n) is 8.49. The molecule has 4 rings (SSSR count). The highest BCUT2D eigenvalue weighted by atomic mass is 16.5. The van der Waals surface area contributed by atoms with Crippen LogP contribution in [0.2, 0.25) is 0 Å². The summed E-state index contributed by atoms with van der Waals surface area (Å²) in [6, 6.07) is 10.9. The molecule has 166 valence electrons. The van der Waals surface area contributed by atoms with E-state index in [4.69, 9.17) is 9.47 Å². The Bertz CT molecular complexity index is 870. The normalized spacial score (nSPS) is 27.2. The number of likely N-dealkylation sites (tertiary alicyclic amines) is 1. The zero-order chi connectivity index (χ0) is 21.8. The first-order valence-corrected chi connectivity index (χ1v) is 10.9. The smallest absolute Gasteiger partial charge is 0.253 e. The van der Waals surface area contributed by atoms with E-state index in [0.717, 1.165) is 37.2 Å². The summed E-state index contributed by atoms with van der Waals surface area (Å²) in [7, 11) is 1.74. The number of carbonyl (C=O) groups is 1. The number of amides is 1. The highest BCUT2D eigenvalue weighted by Gasteiger charge is 2.48. The molecule has 1 aromatic carbocycles. The number of nitrogens with zero attached hydrogens (tertiary/aromatic N) is 2. The minimum absolute atomic E-state index is 0.175. The molecule has 0 spiro atoms. The largest absolute Gasteiger partial charge is 0.488 e. The Balaban J connectivity index is 1.51. The van der Waals surface area contributed by atoms with Crippen LogP contribution in [0.4, 0.5) is 0 Å². The Morgan fingerprint density at radius 2 is 1.94 bits per heavy atom. The first kappa shape index (κ1) is 21.7. The van der Waals surface area contributed by atoms with Crippen LogP contribution in [-0.2, 0) is 4.74 Å². The summed E-state index contributed by atoms with van der Waals surface area (Å²) in [6.07, 6.45) is 4.80. The number of carbonyl (C=O) groups excluding carboxylic acids is 1. The predicted molar refractivity (Wildman–Crippen MR) is 117 cm³/mol. The number of rotatable bonds is 6. The van der Waals surface area contributed by atoms with Gasteiger partial charge in [-0.3, -0.25) is 14.7 Å². The summed E-state index contributed by atoms with van der Waals surface area (Å²) in [6.45, 7) is 3.54. The third kappa shape index (κ3) is 5.06. The van der Waals surface area contributed by atoms with Crippen LogP contribution in [0, 0.1) is 6.92 Å². The van der Waals surface area contributed by atoms with E-state index < -0.39 is 12.2 Å². The minimum atomic E-state index is -0.708. The number of aliphatic hydroxyl groups is 1. The molecule has 0 unspecified atom stereocenters. The van der Waals surface area contributed by atoms with Crippen LogP contribution in [0.3, 0.4) is 0 Å². The van der Waals surface area contributed by atoms with Gasteiger partial charge in [0, 0.05) is 39.0 Å². The number of nitrogens with one attached hydrogen (secondary N) is 1. The molecule has 2 aliphatic rings. The number of pyridine rings is 1. The summed E-state index contributed by atoms with van der Waals surface area (Å²) >= 11 is 0. The molecule has 2 heterocycles. The molecule has 1 aliphatic heterocycles. The van der Waals surface area contributed by atoms with Gasteiger partial charge < -0.3 is 19.9 Å². The van der Waals surface area contributed by atoms with Gasteiger partial charge >= 0.3 is 0 Å². The van der Waals surface area contributed by atoms with Crippen molar-refractivity contribution in [2.45, 2.75) is 56.6 Å². The third-order valence-corrected chi connectivity index (χ3v) is 6.35. The molecule has 1 saturated carbocycles. The number of hydrogen-bond donors (Lipinski definition) is 2. The standard InChI is InChI=1S/C24H31N3O4/c1-16-12-17(15-25-14-16)24(29)26-20-13-21(31-19-6-4-3-5-7-19)23(28)22(20)27-10-8-18(30-2)9-11-27/h3-7,12,14-15,18,20-23,28H,8-11,13H2,1-2H3,(H,26,29)/t20-,21-,22+,23+/m1/s1. The fourth-order valence-electron chi connectivity index (χ4n) is 4.73. The number of para-hydroxylation sites is 1. The maximum Gasteiger partial charge on any atom is 0.253 e. The first-order chi connectivity index (χ1) is 15.0. The number of aliphatic hydroxyl groups excluding tert-OH is 1. The van der Waals surface area contributed by atoms with Crippen molar-refractivity contribution in [2.24, 2.45) is 0 Å². The van der Waals surface area contributed by atoms with Gasteiger partial charge in [0.25, 0.3) is 5.91 Å². The number of methoxy groups -OCH3 is 1. The summed E-state index contributed by atoms with van der Waals surface area (Å²) in [4.78, 5) is 19.3. The van der Waals surface area contributed by atoms with Gasteiger partial charge in [-0.15, -0.1) is 0 Å². The molecule has 0 radical (unpaired) electrons. The van der Waals surface area contributed by atoms with Gasteiger partial charge in [-0.2, -0.15) is 0 Å². The van der Waals surface area contributed by atoms with Crippen molar-refractivity contribution in [3.8, 4) is 5.75 Å². The second kappa shape index (κ2) is 9.77. The van der Waals surface area contributed by atoms with E-state index in [1.54, 1.807) is 19.5 Å². The lowest BCUT2D eigenvalue weighted by Gasteiger charge is -2.39. The molecular formula is C24H31N3O4. The average molecular weight is 426 g/mol. The van der Waals surface area contributed by atoms with Crippen LogP contribution in [-0.4, -0.2) is 71.5 Å². The SMILES string of the molecule is COC1CCN([C@@H]2[C@@H](O)[C@H](Oc3ccccc3)C[C@H]2NC(=O)c2cncc(C)c2)CC1. The number of aryl methyl sites for hydroxylation is 1. The minimum Gasteiger partial charge on any atom is -0.488 e. The monoisotopic (exact) mass is 425 g/mol. The van der Waals surface area contributed by atoms with Crippen LogP contribution in [0.5, 0.6) is 5.75 Å². The fraction of sp³-hybridized carbons (Fsp3) is 0.500. The lowest BCUT2D eigenvalue weighted by Crippen LogP contribution is -2.56. The van der Waals surface area contributed by atoms with Gasteiger partial charge in [0.05, 0.1) is 23.8 Å². The summed E-state index contributed by atoms with van der Waals surface area (Å²) < 4.78 is 11.6. The molecule has 1 aliphatic carbocycles. The Hall–Kier alpha value is -2.48. The van der Waals surface area contributed by atoms with E-state index in [1.807, 2.05) is 43.3 Å². The number of ether oxygens (including phenoxy) is 2. The van der Waals surface area contributed by atoms with Gasteiger partial charge in [-0.1, -0.05) is 18.2 Å². The zero-order valence-electron chi connectivity index (χ0n) is 18.1. The van der Waals surface area contributed by atoms with Crippen LogP contribution < -0.4 is 10.1 Å². The summed E-state index contributed by atoms with van der Waals surface area (Å²) in [5.74, 6) is 0.545. The van der Waals surface area contributed by atoms with Gasteiger partial charge in [0.15, 0.2) is 0 Å². The summed E-state index contributed by atoms with van der Waals surface area (Å²) in [5.41, 5.74) is 1.46. The van der Waals surface area contributed by atoms with E-state index in [-0.39, 0.29) is 24.1 Å². The average Bonchev–Trinajstić information content (AvgIpc) is 3.09. The van der Waals surface area contributed by atoms with Gasteiger partial charge in [-0.25, -0.2) is 0 Å². The van der Waals surface area contributed by atoms with Crippen molar-refractivity contribution in [2.75, 3.05) is 20.2 Å². The summed E-state index contributed by atoms with van der Waals surface area (Å²) in [5, 5.41) is 14.4. The van der Waals surface area contributed by atoms with E-state index in [0.29, 0.717) is 12.0 Å².